The number of aliphatic carboxylic acids is 1. The number of rotatable bonds is 2. The van der Waals surface area contributed by atoms with E-state index in [1.807, 2.05) is 0 Å². The highest BCUT2D eigenvalue weighted by atomic mass is 35.5. The number of aryl methyl sites for hydroxylation is 1. The lowest BCUT2D eigenvalue weighted by molar-refractivity contribution is -0.315. The predicted octanol–water partition coefficient (Wildman–Crippen LogP) is 0.432. The predicted molar refractivity (Wildman–Crippen MR) is 46.2 cm³/mol. The molecule has 0 saturated heterocycles. The molecule has 13 heavy (non-hydrogen) atoms. The average Bonchev–Trinajstić information content (AvgIpc) is 2.01. The first-order valence-corrected chi connectivity index (χ1v) is 4.04. The quantitative estimate of drug-likeness (QED) is 0.752. The van der Waals surface area contributed by atoms with E-state index in [-0.39, 0.29) is 5.56 Å². The first kappa shape index (κ1) is 10.0. The summed E-state index contributed by atoms with van der Waals surface area (Å²) < 4.78 is 0. The minimum Gasteiger partial charge on any atom is -0.547 e. The average molecular weight is 200 g/mol. The van der Waals surface area contributed by atoms with Gasteiger partial charge in [0.15, 0.2) is 0 Å². The Bertz CT molecular complexity index is 315. The number of carbonyl (C=O) groups excluding carboxylic acids is 1. The molecule has 70 valence electrons. The Morgan fingerprint density at radius 3 is 2.62 bits per heavy atom. The van der Waals surface area contributed by atoms with Gasteiger partial charge in [-0.3, -0.25) is 0 Å². The zero-order valence-electron chi connectivity index (χ0n) is 6.95. The van der Waals surface area contributed by atoms with Gasteiger partial charge in [-0.2, -0.15) is 0 Å². The van der Waals surface area contributed by atoms with E-state index < -0.39 is 12.1 Å². The largest absolute Gasteiger partial charge is 0.547 e. The van der Waals surface area contributed by atoms with Crippen molar-refractivity contribution in [3.63, 3.8) is 0 Å². The van der Waals surface area contributed by atoms with Crippen molar-refractivity contribution < 1.29 is 15.0 Å². The van der Waals surface area contributed by atoms with Gasteiger partial charge in [0, 0.05) is 5.02 Å². The fourth-order valence-corrected chi connectivity index (χ4v) is 1.36. The van der Waals surface area contributed by atoms with E-state index in [2.05, 4.69) is 0 Å². The molecule has 1 rings (SSSR count). The molecule has 0 radical (unpaired) electrons. The summed E-state index contributed by atoms with van der Waals surface area (Å²) in [5.41, 5.74) is 1.04. The fraction of sp³-hybridized carbons (Fsp3) is 0.222. The summed E-state index contributed by atoms with van der Waals surface area (Å²) in [5.74, 6) is -1.53. The topological polar surface area (TPSA) is 60.4 Å². The number of carbonyl (C=O) groups is 1. The van der Waals surface area contributed by atoms with Crippen LogP contribution in [0.1, 0.15) is 17.2 Å². The van der Waals surface area contributed by atoms with Crippen molar-refractivity contribution in [3.05, 3.63) is 34.3 Å². The van der Waals surface area contributed by atoms with Gasteiger partial charge in [-0.05, 0) is 30.2 Å². The lowest BCUT2D eigenvalue weighted by atomic mass is 10.1. The van der Waals surface area contributed by atoms with Gasteiger partial charge in [-0.25, -0.2) is 0 Å². The van der Waals surface area contributed by atoms with E-state index in [1.165, 1.54) is 6.07 Å². The molecule has 0 aliphatic carbocycles. The maximum Gasteiger partial charge on any atom is 0.118 e. The number of hydrogen-bond donors (Lipinski definition) is 1. The smallest absolute Gasteiger partial charge is 0.118 e. The van der Waals surface area contributed by atoms with E-state index in [9.17, 15) is 9.90 Å². The van der Waals surface area contributed by atoms with Crippen molar-refractivity contribution >= 4 is 17.6 Å². The van der Waals surface area contributed by atoms with Gasteiger partial charge in [0.1, 0.15) is 6.10 Å². The summed E-state index contributed by atoms with van der Waals surface area (Å²) in [6.07, 6.45) is -1.61. The first-order chi connectivity index (χ1) is 6.00. The second-order valence-corrected chi connectivity index (χ2v) is 3.22. The molecule has 0 aliphatic heterocycles. The highest BCUT2D eigenvalue weighted by Gasteiger charge is 2.09. The summed E-state index contributed by atoms with van der Waals surface area (Å²) in [6, 6.07) is 4.62. The number of benzene rings is 1. The van der Waals surface area contributed by atoms with Crippen LogP contribution in [-0.4, -0.2) is 11.1 Å². The number of carboxylic acids is 1. The molecule has 0 saturated carbocycles. The van der Waals surface area contributed by atoms with Crippen LogP contribution >= 0.6 is 11.6 Å². The summed E-state index contributed by atoms with van der Waals surface area (Å²) in [7, 11) is 0. The van der Waals surface area contributed by atoms with Crippen molar-refractivity contribution in [1.29, 1.82) is 0 Å². The number of carboxylic acid groups (broad SMARTS) is 1. The van der Waals surface area contributed by atoms with E-state index in [0.29, 0.717) is 5.02 Å². The summed E-state index contributed by atoms with van der Waals surface area (Å²) in [6.45, 7) is 1.76. The maximum absolute atomic E-state index is 10.3. The van der Waals surface area contributed by atoms with Crippen molar-refractivity contribution in [2.24, 2.45) is 0 Å². The molecule has 0 spiro atoms. The van der Waals surface area contributed by atoms with Gasteiger partial charge in [-0.1, -0.05) is 17.7 Å². The summed E-state index contributed by atoms with van der Waals surface area (Å²) in [5, 5.41) is 19.8. The Hall–Kier alpha value is -1.06. The molecular formula is C9H8ClO3-. The standard InChI is InChI=1S/C9H9ClO3/c1-5-2-6(4-7(10)3-5)8(11)9(12)13/h2-4,8,11H,1H3,(H,12,13)/p-1. The van der Waals surface area contributed by atoms with E-state index >= 15 is 0 Å². The normalized spacial score (nSPS) is 12.5. The van der Waals surface area contributed by atoms with Crippen LogP contribution < -0.4 is 5.11 Å². The number of aliphatic hydroxyl groups is 1. The molecule has 0 aliphatic rings. The third kappa shape index (κ3) is 2.44. The van der Waals surface area contributed by atoms with Crippen LogP contribution in [0, 0.1) is 6.92 Å². The SMILES string of the molecule is Cc1cc(Cl)cc(C(O)C(=O)[O-])c1. The summed E-state index contributed by atoms with van der Waals surface area (Å²) in [4.78, 5) is 10.3. The molecule has 0 heterocycles. The molecule has 4 heteroatoms. The molecule has 0 fully saturated rings. The second kappa shape index (κ2) is 3.77. The van der Waals surface area contributed by atoms with Crippen molar-refractivity contribution in [3.8, 4) is 0 Å². The van der Waals surface area contributed by atoms with Gasteiger partial charge in [0.2, 0.25) is 0 Å². The van der Waals surface area contributed by atoms with Crippen LogP contribution in [-0.2, 0) is 4.79 Å². The fourth-order valence-electron chi connectivity index (χ4n) is 1.06. The lowest BCUT2D eigenvalue weighted by Crippen LogP contribution is -2.29. The highest BCUT2D eigenvalue weighted by Crippen LogP contribution is 2.19. The minimum atomic E-state index is -1.61. The zero-order valence-corrected chi connectivity index (χ0v) is 7.71. The molecule has 1 unspecified atom stereocenters. The molecule has 1 aromatic rings. The Morgan fingerprint density at radius 2 is 2.15 bits per heavy atom. The Morgan fingerprint density at radius 1 is 1.54 bits per heavy atom. The van der Waals surface area contributed by atoms with Crippen LogP contribution in [0.15, 0.2) is 18.2 Å². The Labute approximate surface area is 80.6 Å². The molecular weight excluding hydrogens is 192 g/mol. The van der Waals surface area contributed by atoms with Crippen LogP contribution in [0.3, 0.4) is 0 Å². The van der Waals surface area contributed by atoms with Gasteiger partial charge >= 0.3 is 0 Å². The number of aliphatic hydroxyl groups excluding tert-OH is 1. The van der Waals surface area contributed by atoms with Gasteiger partial charge in [0.25, 0.3) is 0 Å². The summed E-state index contributed by atoms with van der Waals surface area (Å²) >= 11 is 5.67. The van der Waals surface area contributed by atoms with Gasteiger partial charge in [0.05, 0.1) is 5.97 Å². The first-order valence-electron chi connectivity index (χ1n) is 3.66. The minimum absolute atomic E-state index is 0.241. The van der Waals surface area contributed by atoms with Crippen LogP contribution in [0.2, 0.25) is 5.02 Å². The molecule has 0 amide bonds. The molecule has 0 bridgehead atoms. The van der Waals surface area contributed by atoms with E-state index in [0.717, 1.165) is 5.56 Å². The maximum atomic E-state index is 10.3. The van der Waals surface area contributed by atoms with E-state index in [4.69, 9.17) is 16.7 Å². The van der Waals surface area contributed by atoms with Crippen LogP contribution in [0.25, 0.3) is 0 Å². The van der Waals surface area contributed by atoms with Crippen molar-refractivity contribution in [2.75, 3.05) is 0 Å². The second-order valence-electron chi connectivity index (χ2n) is 2.78. The van der Waals surface area contributed by atoms with Gasteiger partial charge in [-0.15, -0.1) is 0 Å². The monoisotopic (exact) mass is 199 g/mol. The number of halogens is 1. The lowest BCUT2D eigenvalue weighted by Gasteiger charge is -2.12. The van der Waals surface area contributed by atoms with E-state index in [1.54, 1.807) is 19.1 Å². The van der Waals surface area contributed by atoms with Crippen LogP contribution in [0.5, 0.6) is 0 Å². The Kier molecular flexibility index (Phi) is 2.90. The highest BCUT2D eigenvalue weighted by molar-refractivity contribution is 6.30. The Balaban J connectivity index is 3.07. The zero-order chi connectivity index (χ0) is 10.0. The third-order valence-electron chi connectivity index (χ3n) is 1.60. The molecule has 1 atom stereocenters. The van der Waals surface area contributed by atoms with Crippen LogP contribution in [0.4, 0.5) is 0 Å². The molecule has 3 nitrogen and oxygen atoms in total. The number of hydrogen-bond acceptors (Lipinski definition) is 3. The molecule has 1 aromatic carbocycles. The van der Waals surface area contributed by atoms with Crippen molar-refractivity contribution in [2.45, 2.75) is 13.0 Å². The molecule has 1 N–H and O–H groups in total. The molecule has 0 aromatic heterocycles. The van der Waals surface area contributed by atoms with Crippen molar-refractivity contribution in [1.82, 2.24) is 0 Å². The third-order valence-corrected chi connectivity index (χ3v) is 1.82. The van der Waals surface area contributed by atoms with Gasteiger partial charge < -0.3 is 15.0 Å².